The molecule has 0 unspecified atom stereocenters. The minimum atomic E-state index is -1.09. The van der Waals surface area contributed by atoms with Crippen LogP contribution in [-0.4, -0.2) is 29.0 Å². The van der Waals surface area contributed by atoms with Crippen LogP contribution in [0, 0.1) is 12.7 Å². The van der Waals surface area contributed by atoms with Gasteiger partial charge in [0.25, 0.3) is 5.91 Å². The van der Waals surface area contributed by atoms with Crippen LogP contribution in [0.3, 0.4) is 0 Å². The Labute approximate surface area is 120 Å². The second kappa shape index (κ2) is 5.70. The fourth-order valence-corrected chi connectivity index (χ4v) is 1.90. The summed E-state index contributed by atoms with van der Waals surface area (Å²) in [6, 6.07) is 5.55. The number of hydrogen-bond acceptors (Lipinski definition) is 3. The summed E-state index contributed by atoms with van der Waals surface area (Å²) < 4.78 is 13.9. The lowest BCUT2D eigenvalue weighted by Gasteiger charge is -2.09. The Morgan fingerprint density at radius 2 is 1.95 bits per heavy atom. The van der Waals surface area contributed by atoms with Crippen molar-refractivity contribution in [2.75, 3.05) is 7.05 Å². The minimum Gasteiger partial charge on any atom is -0.478 e. The summed E-state index contributed by atoms with van der Waals surface area (Å²) in [6.45, 7) is 1.57. The normalized spacial score (nSPS) is 10.2. The molecule has 0 saturated heterocycles. The van der Waals surface area contributed by atoms with Gasteiger partial charge < -0.3 is 10.4 Å². The summed E-state index contributed by atoms with van der Waals surface area (Å²) in [5.74, 6) is -2.01. The van der Waals surface area contributed by atoms with Crippen LogP contribution in [0.15, 0.2) is 30.5 Å². The highest BCUT2D eigenvalue weighted by molar-refractivity contribution is 5.95. The number of carbonyl (C=O) groups is 2. The molecule has 1 heterocycles. The Morgan fingerprint density at radius 3 is 2.48 bits per heavy atom. The molecule has 2 aromatic rings. The quantitative estimate of drug-likeness (QED) is 0.908. The number of halogens is 1. The van der Waals surface area contributed by atoms with Gasteiger partial charge in [-0.1, -0.05) is 0 Å². The monoisotopic (exact) mass is 288 g/mol. The zero-order chi connectivity index (χ0) is 15.6. The van der Waals surface area contributed by atoms with Crippen LogP contribution in [0.5, 0.6) is 0 Å². The maximum Gasteiger partial charge on any atom is 0.337 e. The molecule has 0 radical (unpaired) electrons. The number of pyridine rings is 1. The van der Waals surface area contributed by atoms with Gasteiger partial charge in [0.1, 0.15) is 5.82 Å². The Balaban J connectivity index is 2.54. The van der Waals surface area contributed by atoms with Gasteiger partial charge in [-0.05, 0) is 36.8 Å². The first kappa shape index (κ1) is 14.6. The number of hydrogen-bond donors (Lipinski definition) is 2. The average molecular weight is 288 g/mol. The molecule has 2 rings (SSSR count). The lowest BCUT2D eigenvalue weighted by Crippen LogP contribution is -2.18. The highest BCUT2D eigenvalue weighted by atomic mass is 19.1. The van der Waals surface area contributed by atoms with E-state index in [9.17, 15) is 14.0 Å². The molecule has 2 N–H and O–H groups in total. The molecule has 0 bridgehead atoms. The second-order valence-electron chi connectivity index (χ2n) is 4.45. The van der Waals surface area contributed by atoms with Gasteiger partial charge in [-0.15, -0.1) is 0 Å². The molecule has 5 nitrogen and oxygen atoms in total. The Morgan fingerprint density at radius 1 is 1.24 bits per heavy atom. The number of aromatic nitrogens is 1. The minimum absolute atomic E-state index is 0.0410. The third kappa shape index (κ3) is 2.89. The first-order chi connectivity index (χ1) is 9.93. The number of carboxylic acid groups (broad SMARTS) is 1. The van der Waals surface area contributed by atoms with Crippen LogP contribution < -0.4 is 5.32 Å². The number of carboxylic acids is 1. The van der Waals surface area contributed by atoms with Gasteiger partial charge >= 0.3 is 5.97 Å². The largest absolute Gasteiger partial charge is 0.478 e. The first-order valence-corrected chi connectivity index (χ1v) is 6.16. The highest BCUT2D eigenvalue weighted by Crippen LogP contribution is 2.25. The molecular formula is C15H13FN2O3. The zero-order valence-electron chi connectivity index (χ0n) is 11.5. The first-order valence-electron chi connectivity index (χ1n) is 6.16. The number of rotatable bonds is 3. The summed E-state index contributed by atoms with van der Waals surface area (Å²) in [4.78, 5) is 26.4. The molecule has 0 aliphatic rings. The van der Waals surface area contributed by atoms with Crippen molar-refractivity contribution in [2.24, 2.45) is 0 Å². The van der Waals surface area contributed by atoms with Crippen LogP contribution in [0.2, 0.25) is 0 Å². The van der Waals surface area contributed by atoms with Crippen LogP contribution in [0.25, 0.3) is 11.3 Å². The van der Waals surface area contributed by atoms with Crippen molar-refractivity contribution < 1.29 is 19.1 Å². The molecule has 21 heavy (non-hydrogen) atoms. The standard InChI is InChI=1S/C15H13FN2O3/c1-8-11(5-10(6-12(8)16)14(19)17-2)13-4-3-9(7-18-13)15(20)21/h3-7H,1-2H3,(H,17,19)(H,20,21). The van der Waals surface area contributed by atoms with E-state index in [0.29, 0.717) is 16.8 Å². The molecule has 108 valence electrons. The Bertz CT molecular complexity index is 712. The number of nitrogens with one attached hydrogen (secondary N) is 1. The molecule has 0 aliphatic heterocycles. The Hall–Kier alpha value is -2.76. The van der Waals surface area contributed by atoms with E-state index in [1.165, 1.54) is 31.4 Å². The van der Waals surface area contributed by atoms with E-state index >= 15 is 0 Å². The molecule has 0 atom stereocenters. The lowest BCUT2D eigenvalue weighted by molar-refractivity contribution is 0.0696. The molecule has 0 aliphatic carbocycles. The van der Waals surface area contributed by atoms with E-state index in [-0.39, 0.29) is 11.1 Å². The molecule has 0 saturated carbocycles. The van der Waals surface area contributed by atoms with Gasteiger partial charge in [0, 0.05) is 24.4 Å². The lowest BCUT2D eigenvalue weighted by atomic mass is 10.0. The molecule has 0 fully saturated rings. The van der Waals surface area contributed by atoms with Crippen molar-refractivity contribution in [3.8, 4) is 11.3 Å². The van der Waals surface area contributed by atoms with Crippen LogP contribution in [-0.2, 0) is 0 Å². The molecule has 6 heteroatoms. The molecule has 1 aromatic heterocycles. The van der Waals surface area contributed by atoms with Gasteiger partial charge in [0.05, 0.1) is 11.3 Å². The van der Waals surface area contributed by atoms with Crippen LogP contribution in [0.4, 0.5) is 4.39 Å². The van der Waals surface area contributed by atoms with Crippen molar-refractivity contribution >= 4 is 11.9 Å². The SMILES string of the molecule is CNC(=O)c1cc(F)c(C)c(-c2ccc(C(=O)O)cn2)c1. The predicted molar refractivity (Wildman–Crippen MR) is 74.7 cm³/mol. The average Bonchev–Trinajstić information content (AvgIpc) is 2.49. The van der Waals surface area contributed by atoms with Crippen LogP contribution in [0.1, 0.15) is 26.3 Å². The van der Waals surface area contributed by atoms with Crippen molar-refractivity contribution in [3.05, 3.63) is 53.0 Å². The van der Waals surface area contributed by atoms with E-state index in [1.807, 2.05) is 0 Å². The van der Waals surface area contributed by atoms with Gasteiger partial charge in [-0.25, -0.2) is 9.18 Å². The number of benzene rings is 1. The maximum atomic E-state index is 13.9. The second-order valence-corrected chi connectivity index (χ2v) is 4.45. The predicted octanol–water partition coefficient (Wildman–Crippen LogP) is 2.25. The van der Waals surface area contributed by atoms with Gasteiger partial charge in [-0.3, -0.25) is 9.78 Å². The summed E-state index contributed by atoms with van der Waals surface area (Å²) >= 11 is 0. The van der Waals surface area contributed by atoms with Crippen LogP contribution >= 0.6 is 0 Å². The topological polar surface area (TPSA) is 79.3 Å². The zero-order valence-corrected chi connectivity index (χ0v) is 11.5. The van der Waals surface area contributed by atoms with E-state index in [0.717, 1.165) is 6.07 Å². The van der Waals surface area contributed by atoms with E-state index in [2.05, 4.69) is 10.3 Å². The summed E-state index contributed by atoms with van der Waals surface area (Å²) in [5.41, 5.74) is 1.42. The van der Waals surface area contributed by atoms with Crippen molar-refractivity contribution in [3.63, 3.8) is 0 Å². The number of carbonyl (C=O) groups excluding carboxylic acids is 1. The smallest absolute Gasteiger partial charge is 0.337 e. The molecular weight excluding hydrogens is 275 g/mol. The third-order valence-corrected chi connectivity index (χ3v) is 3.12. The number of amides is 1. The molecule has 0 spiro atoms. The van der Waals surface area contributed by atoms with Crippen molar-refractivity contribution in [2.45, 2.75) is 6.92 Å². The summed E-state index contributed by atoms with van der Waals surface area (Å²) in [6.07, 6.45) is 1.20. The van der Waals surface area contributed by atoms with Crippen molar-refractivity contribution in [1.29, 1.82) is 0 Å². The molecule has 1 aromatic carbocycles. The number of aromatic carboxylic acids is 1. The van der Waals surface area contributed by atoms with E-state index < -0.39 is 17.7 Å². The fourth-order valence-electron chi connectivity index (χ4n) is 1.90. The fraction of sp³-hybridized carbons (Fsp3) is 0.133. The Kier molecular flexibility index (Phi) is 3.98. The highest BCUT2D eigenvalue weighted by Gasteiger charge is 2.14. The van der Waals surface area contributed by atoms with Gasteiger partial charge in [0.2, 0.25) is 0 Å². The van der Waals surface area contributed by atoms with E-state index in [1.54, 1.807) is 6.92 Å². The number of nitrogens with zero attached hydrogens (tertiary/aromatic N) is 1. The van der Waals surface area contributed by atoms with E-state index in [4.69, 9.17) is 5.11 Å². The van der Waals surface area contributed by atoms with Crippen molar-refractivity contribution in [1.82, 2.24) is 10.3 Å². The molecule has 1 amide bonds. The maximum absolute atomic E-state index is 13.9. The summed E-state index contributed by atoms with van der Waals surface area (Å²) in [5, 5.41) is 11.3. The third-order valence-electron chi connectivity index (χ3n) is 3.12. The van der Waals surface area contributed by atoms with Gasteiger partial charge in [0.15, 0.2) is 0 Å². The summed E-state index contributed by atoms with van der Waals surface area (Å²) in [7, 11) is 1.46. The van der Waals surface area contributed by atoms with Gasteiger partial charge in [-0.2, -0.15) is 0 Å².